The molecule has 2 aliphatic heterocycles. The molecule has 0 N–H and O–H groups in total. The van der Waals surface area contributed by atoms with Gasteiger partial charge in [0.1, 0.15) is 0 Å². The maximum atomic E-state index is 2.74. The lowest BCUT2D eigenvalue weighted by Gasteiger charge is -2.44. The highest BCUT2D eigenvalue weighted by Gasteiger charge is 2.42. The van der Waals surface area contributed by atoms with Gasteiger partial charge in [-0.15, -0.1) is 0 Å². The summed E-state index contributed by atoms with van der Waals surface area (Å²) in [5.41, 5.74) is 0.350. The summed E-state index contributed by atoms with van der Waals surface area (Å²) in [5, 5.41) is 1.80. The fraction of sp³-hybridized carbons (Fsp3) is 0.895. The van der Waals surface area contributed by atoms with E-state index in [-0.39, 0.29) is 0 Å². The summed E-state index contributed by atoms with van der Waals surface area (Å²) in [5.74, 6) is 2.86. The van der Waals surface area contributed by atoms with Crippen LogP contribution in [0.15, 0.2) is 11.3 Å². The Balaban J connectivity index is 2.25. The van der Waals surface area contributed by atoms with E-state index in [2.05, 4.69) is 53.4 Å². The van der Waals surface area contributed by atoms with E-state index in [1.54, 1.807) is 5.20 Å². The molecule has 1 atom stereocenters. The van der Waals surface area contributed by atoms with E-state index in [0.717, 1.165) is 24.2 Å². The van der Waals surface area contributed by atoms with E-state index in [0.29, 0.717) is 5.41 Å². The van der Waals surface area contributed by atoms with Crippen molar-refractivity contribution in [3.05, 3.63) is 11.3 Å². The van der Waals surface area contributed by atoms with E-state index in [4.69, 9.17) is 0 Å². The highest BCUT2D eigenvalue weighted by molar-refractivity contribution is 6.83. The largest absolute Gasteiger partial charge is 0.153 e. The van der Waals surface area contributed by atoms with Crippen LogP contribution in [0.1, 0.15) is 66.2 Å². The number of allylic oxidation sites excluding steroid dienone is 2. The molecule has 0 nitrogen and oxygen atoms in total. The second kappa shape index (κ2) is 6.26. The highest BCUT2D eigenvalue weighted by Crippen LogP contribution is 2.51. The van der Waals surface area contributed by atoms with Crippen molar-refractivity contribution in [2.45, 2.75) is 103 Å². The smallest absolute Gasteiger partial charge is 0.0930 e. The predicted molar refractivity (Wildman–Crippen MR) is 101 cm³/mol. The van der Waals surface area contributed by atoms with Gasteiger partial charge >= 0.3 is 0 Å². The lowest BCUT2D eigenvalue weighted by Crippen LogP contribution is -2.39. The maximum absolute atomic E-state index is 2.74. The molecule has 0 radical (unpaired) electrons. The normalized spacial score (nSPS) is 29.5. The van der Waals surface area contributed by atoms with Gasteiger partial charge in [-0.3, -0.25) is 0 Å². The van der Waals surface area contributed by atoms with Crippen molar-refractivity contribution < 1.29 is 0 Å². The Morgan fingerprint density at radius 1 is 1.00 bits per heavy atom. The molecule has 0 aromatic carbocycles. The lowest BCUT2D eigenvalue weighted by molar-refractivity contribution is 0.438. The third-order valence-corrected chi connectivity index (χ3v) is 8.57. The summed E-state index contributed by atoms with van der Waals surface area (Å²) in [6.45, 7) is 18.4. The molecule has 2 heterocycles. The average Bonchev–Trinajstić information content (AvgIpc) is 2.31. The van der Waals surface area contributed by atoms with E-state index < -0.39 is 8.07 Å². The first-order valence-corrected chi connectivity index (χ1v) is 12.8. The zero-order chi connectivity index (χ0) is 15.8. The third kappa shape index (κ3) is 4.06. The van der Waals surface area contributed by atoms with Crippen LogP contribution in [0.4, 0.5) is 0 Å². The molecule has 21 heavy (non-hydrogen) atoms. The Hall–Kier alpha value is 0.0218. The molecule has 2 fully saturated rings. The van der Waals surface area contributed by atoms with Crippen LogP contribution in [-0.4, -0.2) is 14.8 Å². The first kappa shape index (κ1) is 17.4. The maximum Gasteiger partial charge on any atom is 0.153 e. The molecule has 2 rings (SSSR count). The molecule has 2 saturated heterocycles. The highest BCUT2D eigenvalue weighted by atomic mass is 28.3. The lowest BCUT2D eigenvalue weighted by atomic mass is 9.22. The monoisotopic (exact) mass is 304 g/mol. The summed E-state index contributed by atoms with van der Waals surface area (Å²) < 4.78 is 0. The van der Waals surface area contributed by atoms with Crippen LogP contribution >= 0.6 is 0 Å². The molecule has 0 saturated carbocycles. The van der Waals surface area contributed by atoms with Gasteiger partial charge in [0.2, 0.25) is 0 Å². The second-order valence-electron chi connectivity index (χ2n) is 9.90. The van der Waals surface area contributed by atoms with E-state index in [9.17, 15) is 0 Å². The zero-order valence-electron chi connectivity index (χ0n) is 15.6. The number of rotatable bonds is 3. The molecular formula is C19H37BSi. The van der Waals surface area contributed by atoms with Crippen molar-refractivity contribution in [2.75, 3.05) is 0 Å². The van der Waals surface area contributed by atoms with Gasteiger partial charge in [-0.05, 0) is 11.2 Å². The van der Waals surface area contributed by atoms with Gasteiger partial charge in [-0.25, -0.2) is 0 Å². The van der Waals surface area contributed by atoms with Crippen molar-refractivity contribution in [3.8, 4) is 0 Å². The average molecular weight is 304 g/mol. The third-order valence-electron chi connectivity index (χ3n) is 6.04. The Labute approximate surface area is 135 Å². The fourth-order valence-corrected chi connectivity index (χ4v) is 8.60. The van der Waals surface area contributed by atoms with Crippen LogP contribution in [0.25, 0.3) is 0 Å². The molecular weight excluding hydrogens is 267 g/mol. The summed E-state index contributed by atoms with van der Waals surface area (Å²) >= 11 is 0. The number of hydrogen-bond acceptors (Lipinski definition) is 0. The first-order chi connectivity index (χ1) is 9.60. The van der Waals surface area contributed by atoms with E-state index in [1.165, 1.54) is 38.5 Å². The molecule has 2 aliphatic rings. The minimum atomic E-state index is -1.22. The molecule has 0 aromatic heterocycles. The van der Waals surface area contributed by atoms with Gasteiger partial charge in [-0.2, -0.15) is 0 Å². The molecule has 2 bridgehead atoms. The van der Waals surface area contributed by atoms with E-state index >= 15 is 0 Å². The molecule has 2 heteroatoms. The second-order valence-corrected chi connectivity index (χ2v) is 14.9. The SMILES string of the molecule is CC(/C=C(\C(C)(C)C)[Si](C)(C)C)B1C2CCCC1CCC2. The van der Waals surface area contributed by atoms with Crippen molar-refractivity contribution in [3.63, 3.8) is 0 Å². The molecule has 0 aromatic rings. The summed E-state index contributed by atoms with van der Waals surface area (Å²) in [6, 6.07) is 0. The van der Waals surface area contributed by atoms with Gasteiger partial charge < -0.3 is 0 Å². The minimum absolute atomic E-state index is 0.350. The van der Waals surface area contributed by atoms with Gasteiger partial charge in [0, 0.05) is 0 Å². The van der Waals surface area contributed by atoms with Gasteiger partial charge in [-0.1, -0.05) is 109 Å². The minimum Gasteiger partial charge on any atom is -0.0930 e. The Bertz CT molecular complexity index is 347. The number of fused-ring (bicyclic) bond motifs is 2. The molecule has 0 aliphatic carbocycles. The standard InChI is InChI=1S/C19H37BSi/c1-15(14-18(19(2,3)4)21(5,6)7)20-16-10-8-11-17(20)13-9-12-16/h14-17H,8-13H2,1-7H3/b18-14+. The Morgan fingerprint density at radius 2 is 1.43 bits per heavy atom. The fourth-order valence-electron chi connectivity index (χ4n) is 5.59. The summed E-state index contributed by atoms with van der Waals surface area (Å²) in [4.78, 5) is 0. The summed E-state index contributed by atoms with van der Waals surface area (Å²) in [7, 11) is -1.22. The topological polar surface area (TPSA) is 0 Å². The van der Waals surface area contributed by atoms with Crippen LogP contribution in [-0.2, 0) is 0 Å². The Kier molecular flexibility index (Phi) is 5.18. The molecule has 1 unspecified atom stereocenters. The van der Waals surface area contributed by atoms with Crippen LogP contribution in [0, 0.1) is 5.41 Å². The Morgan fingerprint density at radius 3 is 1.76 bits per heavy atom. The van der Waals surface area contributed by atoms with Gasteiger partial charge in [0.05, 0.1) is 8.07 Å². The van der Waals surface area contributed by atoms with Crippen molar-refractivity contribution in [1.82, 2.24) is 0 Å². The predicted octanol–water partition coefficient (Wildman–Crippen LogP) is 6.83. The number of hydrogen-bond donors (Lipinski definition) is 0. The van der Waals surface area contributed by atoms with Crippen LogP contribution in [0.5, 0.6) is 0 Å². The van der Waals surface area contributed by atoms with Gasteiger partial charge in [0.25, 0.3) is 0 Å². The summed E-state index contributed by atoms with van der Waals surface area (Å²) in [6.07, 6.45) is 11.8. The quantitative estimate of drug-likeness (QED) is 0.501. The van der Waals surface area contributed by atoms with Crippen molar-refractivity contribution in [2.24, 2.45) is 5.41 Å². The van der Waals surface area contributed by atoms with Crippen LogP contribution in [0.2, 0.25) is 37.1 Å². The van der Waals surface area contributed by atoms with Crippen molar-refractivity contribution in [1.29, 1.82) is 0 Å². The molecule has 0 amide bonds. The van der Waals surface area contributed by atoms with E-state index in [1.807, 2.05) is 0 Å². The van der Waals surface area contributed by atoms with Gasteiger partial charge in [0.15, 0.2) is 6.71 Å². The molecule has 120 valence electrons. The molecule has 0 spiro atoms. The van der Waals surface area contributed by atoms with Crippen molar-refractivity contribution >= 4 is 14.8 Å². The zero-order valence-corrected chi connectivity index (χ0v) is 16.6. The first-order valence-electron chi connectivity index (χ1n) is 9.33. The van der Waals surface area contributed by atoms with Crippen LogP contribution in [0.3, 0.4) is 0 Å². The van der Waals surface area contributed by atoms with Crippen LogP contribution < -0.4 is 0 Å².